The van der Waals surface area contributed by atoms with Crippen LogP contribution in [0.1, 0.15) is 29.2 Å². The van der Waals surface area contributed by atoms with Crippen LogP contribution in [0.25, 0.3) is 0 Å². The van der Waals surface area contributed by atoms with Gasteiger partial charge in [-0.3, -0.25) is 0 Å². The average molecular weight is 229 g/mol. The summed E-state index contributed by atoms with van der Waals surface area (Å²) in [5.41, 5.74) is 2.68. The Balaban J connectivity index is 2.41. The topological polar surface area (TPSA) is 46.2 Å². The smallest absolute Gasteiger partial charge is 0.201 e. The van der Waals surface area contributed by atoms with Crippen LogP contribution in [-0.4, -0.2) is 8.42 Å². The largest absolute Gasteiger partial charge is 0.215 e. The van der Waals surface area contributed by atoms with E-state index in [-0.39, 0.29) is 11.9 Å². The summed E-state index contributed by atoms with van der Waals surface area (Å²) in [4.78, 5) is 0. The van der Waals surface area contributed by atoms with Gasteiger partial charge in [-0.05, 0) is 48.6 Å². The van der Waals surface area contributed by atoms with Gasteiger partial charge in [0.25, 0.3) is 0 Å². The van der Waals surface area contributed by atoms with Crippen LogP contribution in [0.3, 0.4) is 0 Å². The van der Waals surface area contributed by atoms with Crippen molar-refractivity contribution in [3.8, 4) is 0 Å². The first-order chi connectivity index (χ1) is 7.08. The number of thiol groups is 1. The standard InChI is InChI=1S/C10H12FNO2S/c1-6-4-8(11)5-7-2-3-9(10(6)7)12-15(13)14/h4-5,9,15H,2-3H2,1H3,(H,12,13,14). The maximum absolute atomic E-state index is 13.1. The lowest BCUT2D eigenvalue weighted by Gasteiger charge is -2.12. The summed E-state index contributed by atoms with van der Waals surface area (Å²) in [5, 5.41) is 0. The molecule has 1 aliphatic rings. The van der Waals surface area contributed by atoms with Gasteiger partial charge in [0.05, 0.1) is 0 Å². The molecule has 1 aliphatic carbocycles. The van der Waals surface area contributed by atoms with Crippen LogP contribution >= 0.6 is 0 Å². The minimum atomic E-state index is -2.60. The van der Waals surface area contributed by atoms with Crippen molar-refractivity contribution in [2.75, 3.05) is 0 Å². The lowest BCUT2D eigenvalue weighted by atomic mass is 10.0. The lowest BCUT2D eigenvalue weighted by Crippen LogP contribution is -2.17. The maximum Gasteiger partial charge on any atom is 0.201 e. The normalized spacial score (nSPS) is 19.5. The molecule has 5 heteroatoms. The van der Waals surface area contributed by atoms with Crippen LogP contribution in [-0.2, 0) is 17.3 Å². The van der Waals surface area contributed by atoms with Crippen LogP contribution in [0.4, 0.5) is 4.39 Å². The fourth-order valence-corrected chi connectivity index (χ4v) is 2.74. The predicted octanol–water partition coefficient (Wildman–Crippen LogP) is 1.24. The van der Waals surface area contributed by atoms with Crippen molar-refractivity contribution in [3.05, 3.63) is 34.6 Å². The van der Waals surface area contributed by atoms with Gasteiger partial charge in [0.1, 0.15) is 5.82 Å². The second-order valence-electron chi connectivity index (χ2n) is 3.77. The molecule has 0 fully saturated rings. The first-order valence-corrected chi connectivity index (χ1v) is 5.95. The molecule has 1 unspecified atom stereocenters. The quantitative estimate of drug-likeness (QED) is 0.749. The molecule has 0 heterocycles. The first kappa shape index (κ1) is 10.6. The molecule has 0 bridgehead atoms. The Morgan fingerprint density at radius 2 is 2.20 bits per heavy atom. The molecule has 82 valence electrons. The molecule has 1 N–H and O–H groups in total. The van der Waals surface area contributed by atoms with Gasteiger partial charge in [0.15, 0.2) is 0 Å². The third kappa shape index (κ3) is 2.03. The number of fused-ring (bicyclic) bond motifs is 1. The fraction of sp³-hybridized carbons (Fsp3) is 0.400. The highest BCUT2D eigenvalue weighted by Crippen LogP contribution is 2.34. The fourth-order valence-electron chi connectivity index (χ4n) is 2.23. The minimum Gasteiger partial charge on any atom is -0.215 e. The van der Waals surface area contributed by atoms with Gasteiger partial charge >= 0.3 is 0 Å². The summed E-state index contributed by atoms with van der Waals surface area (Å²) in [6.45, 7) is 1.81. The van der Waals surface area contributed by atoms with Crippen molar-refractivity contribution < 1.29 is 12.8 Å². The van der Waals surface area contributed by atoms with Gasteiger partial charge in [-0.25, -0.2) is 17.5 Å². The third-order valence-electron chi connectivity index (χ3n) is 2.75. The number of nitrogens with one attached hydrogen (secondary N) is 1. The van der Waals surface area contributed by atoms with Crippen LogP contribution < -0.4 is 4.72 Å². The zero-order valence-corrected chi connectivity index (χ0v) is 9.18. The van der Waals surface area contributed by atoms with Crippen LogP contribution in [0.5, 0.6) is 0 Å². The lowest BCUT2D eigenvalue weighted by molar-refractivity contribution is 0.572. The zero-order valence-electron chi connectivity index (χ0n) is 8.29. The van der Waals surface area contributed by atoms with Gasteiger partial charge in [-0.2, -0.15) is 0 Å². The van der Waals surface area contributed by atoms with Crippen molar-refractivity contribution >= 4 is 10.9 Å². The Bertz CT molecular complexity index is 463. The summed E-state index contributed by atoms with van der Waals surface area (Å²) < 4.78 is 36.8. The Hall–Kier alpha value is -0.940. The Morgan fingerprint density at radius 1 is 1.47 bits per heavy atom. The van der Waals surface area contributed by atoms with Crippen molar-refractivity contribution in [2.24, 2.45) is 0 Å². The average Bonchev–Trinajstić information content (AvgIpc) is 2.46. The number of rotatable bonds is 2. The minimum absolute atomic E-state index is 0.179. The van der Waals surface area contributed by atoms with Crippen LogP contribution in [0.15, 0.2) is 12.1 Å². The Labute approximate surface area is 89.4 Å². The molecule has 1 aromatic rings. The van der Waals surface area contributed by atoms with E-state index < -0.39 is 10.9 Å². The van der Waals surface area contributed by atoms with Crippen LogP contribution in [0.2, 0.25) is 0 Å². The van der Waals surface area contributed by atoms with Crippen molar-refractivity contribution in [2.45, 2.75) is 25.8 Å². The van der Waals surface area contributed by atoms with Crippen LogP contribution in [0, 0.1) is 12.7 Å². The molecule has 15 heavy (non-hydrogen) atoms. The molecular formula is C10H12FNO2S. The maximum atomic E-state index is 13.1. The van der Waals surface area contributed by atoms with E-state index in [0.29, 0.717) is 6.42 Å². The van der Waals surface area contributed by atoms with E-state index in [4.69, 9.17) is 0 Å². The molecule has 0 spiro atoms. The number of aryl methyl sites for hydroxylation is 2. The van der Waals surface area contributed by atoms with E-state index in [1.54, 1.807) is 6.92 Å². The number of hydrogen-bond donors (Lipinski definition) is 2. The van der Waals surface area contributed by atoms with Gasteiger partial charge in [-0.1, -0.05) is 0 Å². The van der Waals surface area contributed by atoms with E-state index in [0.717, 1.165) is 23.1 Å². The monoisotopic (exact) mass is 229 g/mol. The van der Waals surface area contributed by atoms with E-state index in [1.807, 2.05) is 0 Å². The van der Waals surface area contributed by atoms with E-state index in [1.165, 1.54) is 12.1 Å². The molecular weight excluding hydrogens is 217 g/mol. The molecule has 0 saturated carbocycles. The highest BCUT2D eigenvalue weighted by Gasteiger charge is 2.25. The molecule has 1 atom stereocenters. The first-order valence-electron chi connectivity index (χ1n) is 4.77. The molecule has 2 rings (SSSR count). The number of halogens is 1. The molecule has 0 aromatic heterocycles. The number of hydrogen-bond acceptors (Lipinski definition) is 2. The Morgan fingerprint density at radius 3 is 2.87 bits per heavy atom. The summed E-state index contributed by atoms with van der Waals surface area (Å²) in [7, 11) is -2.60. The zero-order chi connectivity index (χ0) is 11.0. The Kier molecular flexibility index (Phi) is 2.75. The van der Waals surface area contributed by atoms with Gasteiger partial charge < -0.3 is 0 Å². The van der Waals surface area contributed by atoms with Gasteiger partial charge in [-0.15, -0.1) is 0 Å². The highest BCUT2D eigenvalue weighted by atomic mass is 32.2. The van der Waals surface area contributed by atoms with E-state index in [2.05, 4.69) is 4.72 Å². The van der Waals surface area contributed by atoms with Crippen molar-refractivity contribution in [1.82, 2.24) is 4.72 Å². The van der Waals surface area contributed by atoms with Crippen molar-refractivity contribution in [3.63, 3.8) is 0 Å². The molecule has 1 aromatic carbocycles. The third-order valence-corrected chi connectivity index (χ3v) is 3.27. The highest BCUT2D eigenvalue weighted by molar-refractivity contribution is 7.70. The summed E-state index contributed by atoms with van der Waals surface area (Å²) in [6.07, 6.45) is 1.44. The summed E-state index contributed by atoms with van der Waals surface area (Å²) >= 11 is 0. The summed E-state index contributed by atoms with van der Waals surface area (Å²) in [6, 6.07) is 2.75. The van der Waals surface area contributed by atoms with Gasteiger partial charge in [0, 0.05) is 6.04 Å². The molecule has 0 amide bonds. The second-order valence-corrected chi connectivity index (χ2v) is 4.55. The van der Waals surface area contributed by atoms with E-state index >= 15 is 0 Å². The van der Waals surface area contributed by atoms with E-state index in [9.17, 15) is 12.8 Å². The SMILES string of the molecule is Cc1cc(F)cc2c1C(N[SH](=O)=O)CC2. The van der Waals surface area contributed by atoms with Gasteiger partial charge in [0.2, 0.25) is 10.9 Å². The molecule has 3 nitrogen and oxygen atoms in total. The molecule has 0 radical (unpaired) electrons. The predicted molar refractivity (Wildman–Crippen MR) is 55.6 cm³/mol. The molecule has 0 saturated heterocycles. The second kappa shape index (κ2) is 3.90. The number of benzene rings is 1. The molecule has 0 aliphatic heterocycles. The summed E-state index contributed by atoms with van der Waals surface area (Å²) in [5.74, 6) is -0.251. The van der Waals surface area contributed by atoms with Crippen molar-refractivity contribution in [1.29, 1.82) is 0 Å².